The third-order valence-electron chi connectivity index (χ3n) is 1.06. The summed E-state index contributed by atoms with van der Waals surface area (Å²) in [6, 6.07) is 0. The van der Waals surface area contributed by atoms with Crippen LogP contribution in [0.3, 0.4) is 0 Å². The molecule has 0 aliphatic heterocycles. The van der Waals surface area contributed by atoms with Crippen molar-refractivity contribution in [2.24, 2.45) is 5.92 Å². The van der Waals surface area contributed by atoms with Gasteiger partial charge in [-0.1, -0.05) is 17.7 Å². The highest BCUT2D eigenvalue weighted by Gasteiger charge is 1.94. The van der Waals surface area contributed by atoms with E-state index in [-0.39, 0.29) is 12.5 Å². The summed E-state index contributed by atoms with van der Waals surface area (Å²) in [6.45, 7) is 7.75. The minimum absolute atomic E-state index is 0.134. The average molecular weight is 126 g/mol. The summed E-state index contributed by atoms with van der Waals surface area (Å²) in [4.78, 5) is 0. The van der Waals surface area contributed by atoms with Crippen LogP contribution in [0.1, 0.15) is 13.8 Å². The van der Waals surface area contributed by atoms with E-state index in [1.165, 1.54) is 5.57 Å². The Morgan fingerprint density at radius 3 is 2.33 bits per heavy atom. The van der Waals surface area contributed by atoms with Gasteiger partial charge in [0.15, 0.2) is 0 Å². The maximum Gasteiger partial charge on any atom is 0.0528 e. The van der Waals surface area contributed by atoms with Crippen molar-refractivity contribution in [1.82, 2.24) is 0 Å². The van der Waals surface area contributed by atoms with Crippen LogP contribution in [0.25, 0.3) is 0 Å². The van der Waals surface area contributed by atoms with E-state index >= 15 is 0 Å². The number of allylic oxidation sites excluding steroid dienone is 1. The highest BCUT2D eigenvalue weighted by molar-refractivity contribution is 5.02. The molecule has 0 aromatic rings. The van der Waals surface area contributed by atoms with Gasteiger partial charge in [0.05, 0.1) is 6.61 Å². The van der Waals surface area contributed by atoms with Gasteiger partial charge in [-0.3, -0.25) is 0 Å². The van der Waals surface area contributed by atoms with Crippen LogP contribution < -0.4 is 0 Å². The smallest absolute Gasteiger partial charge is 0.0528 e. The van der Waals surface area contributed by atoms with Crippen molar-refractivity contribution < 1.29 is 5.11 Å². The highest BCUT2D eigenvalue weighted by Crippen LogP contribution is 2.02. The van der Waals surface area contributed by atoms with Crippen molar-refractivity contribution >= 4 is 0 Å². The second-order valence-corrected chi connectivity index (χ2v) is 2.33. The molecule has 0 fully saturated rings. The van der Waals surface area contributed by atoms with Crippen molar-refractivity contribution in [2.45, 2.75) is 13.8 Å². The van der Waals surface area contributed by atoms with Gasteiger partial charge in [-0.05, 0) is 13.8 Å². The highest BCUT2D eigenvalue weighted by atomic mass is 16.3. The summed E-state index contributed by atoms with van der Waals surface area (Å²) >= 11 is 0. The summed E-state index contributed by atoms with van der Waals surface area (Å²) in [7, 11) is 0. The molecule has 0 aromatic heterocycles. The Kier molecular flexibility index (Phi) is 4.06. The Morgan fingerprint density at radius 2 is 2.22 bits per heavy atom. The topological polar surface area (TPSA) is 20.2 Å². The van der Waals surface area contributed by atoms with Crippen molar-refractivity contribution in [1.29, 1.82) is 0 Å². The summed E-state index contributed by atoms with van der Waals surface area (Å²) in [5, 5.41) is 8.66. The number of hydrogen-bond acceptors (Lipinski definition) is 1. The van der Waals surface area contributed by atoms with E-state index in [1.807, 2.05) is 19.9 Å². The first-order valence-electron chi connectivity index (χ1n) is 3.09. The quantitative estimate of drug-likeness (QED) is 0.571. The van der Waals surface area contributed by atoms with Gasteiger partial charge in [0.1, 0.15) is 0 Å². The first kappa shape index (κ1) is 8.44. The fourth-order valence-electron chi connectivity index (χ4n) is 0.623. The van der Waals surface area contributed by atoms with E-state index in [0.717, 1.165) is 0 Å². The Balaban J connectivity index is 3.82. The maximum absolute atomic E-state index is 8.66. The van der Waals surface area contributed by atoms with Crippen LogP contribution in [0.5, 0.6) is 0 Å². The van der Waals surface area contributed by atoms with Gasteiger partial charge in [-0.2, -0.15) is 0 Å². The number of aliphatic hydroxyl groups is 1. The van der Waals surface area contributed by atoms with E-state index in [9.17, 15) is 0 Å². The van der Waals surface area contributed by atoms with Crippen molar-refractivity contribution in [3.63, 3.8) is 0 Å². The zero-order valence-corrected chi connectivity index (χ0v) is 6.09. The van der Waals surface area contributed by atoms with E-state index in [1.54, 1.807) is 6.08 Å². The molecule has 0 rings (SSSR count). The molecule has 0 unspecified atom stereocenters. The molecule has 1 nitrogen and oxygen atoms in total. The lowest BCUT2D eigenvalue weighted by molar-refractivity contribution is 0.273. The van der Waals surface area contributed by atoms with Crippen molar-refractivity contribution in [3.8, 4) is 0 Å². The molecule has 0 aliphatic rings. The lowest BCUT2D eigenvalue weighted by atomic mass is 10.1. The Labute approximate surface area is 56.7 Å². The summed E-state index contributed by atoms with van der Waals surface area (Å²) in [6.07, 6.45) is 3.74. The van der Waals surface area contributed by atoms with E-state index < -0.39 is 0 Å². The third-order valence-corrected chi connectivity index (χ3v) is 1.06. The van der Waals surface area contributed by atoms with Crippen LogP contribution in [-0.4, -0.2) is 11.7 Å². The van der Waals surface area contributed by atoms with Crippen LogP contribution >= 0.6 is 0 Å². The zero-order chi connectivity index (χ0) is 7.28. The van der Waals surface area contributed by atoms with Crippen LogP contribution in [0.15, 0.2) is 24.3 Å². The van der Waals surface area contributed by atoms with E-state index in [4.69, 9.17) is 5.11 Å². The Hall–Kier alpha value is -0.560. The van der Waals surface area contributed by atoms with E-state index in [2.05, 4.69) is 6.58 Å². The molecule has 1 atom stereocenters. The zero-order valence-electron chi connectivity index (χ0n) is 6.09. The molecule has 0 saturated heterocycles. The van der Waals surface area contributed by atoms with Gasteiger partial charge < -0.3 is 5.11 Å². The predicted molar refractivity (Wildman–Crippen MR) is 40.2 cm³/mol. The molecule has 1 N–H and O–H groups in total. The Morgan fingerprint density at radius 1 is 1.67 bits per heavy atom. The van der Waals surface area contributed by atoms with Crippen molar-refractivity contribution in [3.05, 3.63) is 24.3 Å². The van der Waals surface area contributed by atoms with Crippen LogP contribution in [0.2, 0.25) is 0 Å². The second kappa shape index (κ2) is 4.33. The van der Waals surface area contributed by atoms with Gasteiger partial charge in [-0.25, -0.2) is 0 Å². The SMILES string of the molecule is C=C[C@H](C=C(C)C)CO. The van der Waals surface area contributed by atoms with Gasteiger partial charge in [-0.15, -0.1) is 6.58 Å². The molecule has 52 valence electrons. The second-order valence-electron chi connectivity index (χ2n) is 2.33. The van der Waals surface area contributed by atoms with Crippen LogP contribution in [0.4, 0.5) is 0 Å². The fourth-order valence-corrected chi connectivity index (χ4v) is 0.623. The molecule has 1 heteroatoms. The van der Waals surface area contributed by atoms with Gasteiger partial charge >= 0.3 is 0 Å². The average Bonchev–Trinajstić information content (AvgIpc) is 1.82. The molecule has 9 heavy (non-hydrogen) atoms. The standard InChI is InChI=1S/C8H14O/c1-4-8(6-9)5-7(2)3/h4-5,8-9H,1,6H2,2-3H3/t8-/m1/s1. The first-order valence-corrected chi connectivity index (χ1v) is 3.09. The molecule has 0 spiro atoms. The predicted octanol–water partition coefficient (Wildman–Crippen LogP) is 1.75. The lowest BCUT2D eigenvalue weighted by Crippen LogP contribution is -1.97. The van der Waals surface area contributed by atoms with E-state index in [0.29, 0.717) is 0 Å². The molecule has 0 amide bonds. The minimum Gasteiger partial charge on any atom is -0.395 e. The molecule has 0 radical (unpaired) electrons. The molecule has 0 saturated carbocycles. The maximum atomic E-state index is 8.66. The van der Waals surface area contributed by atoms with Gasteiger partial charge in [0, 0.05) is 5.92 Å². The number of aliphatic hydroxyl groups excluding tert-OH is 1. The van der Waals surface area contributed by atoms with Gasteiger partial charge in [0.25, 0.3) is 0 Å². The summed E-state index contributed by atoms with van der Waals surface area (Å²) in [5.41, 5.74) is 1.22. The molecule has 0 aromatic carbocycles. The monoisotopic (exact) mass is 126 g/mol. The first-order chi connectivity index (χ1) is 4.20. The normalized spacial score (nSPS) is 12.3. The Bertz CT molecular complexity index is 110. The molecular formula is C8H14O. The lowest BCUT2D eigenvalue weighted by Gasteiger charge is -2.00. The van der Waals surface area contributed by atoms with Crippen LogP contribution in [-0.2, 0) is 0 Å². The number of hydrogen-bond donors (Lipinski definition) is 1. The minimum atomic E-state index is 0.134. The third kappa shape index (κ3) is 3.98. The summed E-state index contributed by atoms with van der Waals surface area (Å²) in [5.74, 6) is 0.134. The summed E-state index contributed by atoms with van der Waals surface area (Å²) < 4.78 is 0. The largest absolute Gasteiger partial charge is 0.395 e. The van der Waals surface area contributed by atoms with Crippen molar-refractivity contribution in [2.75, 3.05) is 6.61 Å². The van der Waals surface area contributed by atoms with Gasteiger partial charge in [0.2, 0.25) is 0 Å². The number of rotatable bonds is 3. The van der Waals surface area contributed by atoms with Crippen LogP contribution in [0, 0.1) is 5.92 Å². The molecule has 0 bridgehead atoms. The molecular weight excluding hydrogens is 112 g/mol. The molecule has 0 heterocycles. The fraction of sp³-hybridized carbons (Fsp3) is 0.500. The molecule has 0 aliphatic carbocycles.